The van der Waals surface area contributed by atoms with Crippen LogP contribution in [0.4, 0.5) is 11.4 Å². The summed E-state index contributed by atoms with van der Waals surface area (Å²) < 4.78 is 10.4. The number of aryl methyl sites for hydroxylation is 2. The van der Waals surface area contributed by atoms with Crippen LogP contribution in [0.3, 0.4) is 0 Å². The van der Waals surface area contributed by atoms with Gasteiger partial charge in [-0.2, -0.15) is 0 Å². The number of rotatable bonds is 10. The molecule has 0 saturated carbocycles. The first kappa shape index (κ1) is 22.9. The number of para-hydroxylation sites is 2. The standard InChI is InChI=1S/C23H28N2O5/c1-4-29-20-9-6-5-8-18(20)24-22(27)15-30-23(28)11-7-10-21(26)25-19-14-16(2)12-13-17(19)3/h5-6,8-9,12-14H,4,7,10-11,15H2,1-3H3,(H,24,27)(H,25,26). The smallest absolute Gasteiger partial charge is 0.306 e. The fourth-order valence-corrected chi connectivity index (χ4v) is 2.73. The Hall–Kier alpha value is -3.35. The SMILES string of the molecule is CCOc1ccccc1NC(=O)COC(=O)CCCC(=O)Nc1cc(C)ccc1C. The predicted octanol–water partition coefficient (Wildman–Crippen LogP) is 3.99. The summed E-state index contributed by atoms with van der Waals surface area (Å²) in [5, 5.41) is 5.51. The molecule has 0 fully saturated rings. The summed E-state index contributed by atoms with van der Waals surface area (Å²) in [6, 6.07) is 12.9. The minimum atomic E-state index is -0.525. The summed E-state index contributed by atoms with van der Waals surface area (Å²) in [6.07, 6.45) is 0.587. The molecule has 2 rings (SSSR count). The van der Waals surface area contributed by atoms with E-state index in [-0.39, 0.29) is 18.7 Å². The average Bonchev–Trinajstić information content (AvgIpc) is 2.71. The zero-order valence-corrected chi connectivity index (χ0v) is 17.6. The monoisotopic (exact) mass is 412 g/mol. The van der Waals surface area contributed by atoms with Crippen LogP contribution >= 0.6 is 0 Å². The van der Waals surface area contributed by atoms with E-state index in [0.29, 0.717) is 24.5 Å². The number of nitrogens with one attached hydrogen (secondary N) is 2. The number of carbonyl (C=O) groups excluding carboxylic acids is 3. The van der Waals surface area contributed by atoms with Crippen molar-refractivity contribution in [2.24, 2.45) is 0 Å². The van der Waals surface area contributed by atoms with Crippen LogP contribution < -0.4 is 15.4 Å². The van der Waals surface area contributed by atoms with E-state index in [2.05, 4.69) is 10.6 Å². The second kappa shape index (κ2) is 11.6. The van der Waals surface area contributed by atoms with Crippen LogP contribution in [-0.2, 0) is 19.1 Å². The second-order valence-electron chi connectivity index (χ2n) is 6.86. The molecule has 7 nitrogen and oxygen atoms in total. The minimum absolute atomic E-state index is 0.0586. The molecule has 2 N–H and O–H groups in total. The second-order valence-corrected chi connectivity index (χ2v) is 6.86. The van der Waals surface area contributed by atoms with Crippen LogP contribution in [0, 0.1) is 13.8 Å². The van der Waals surface area contributed by atoms with Gasteiger partial charge in [-0.25, -0.2) is 0 Å². The summed E-state index contributed by atoms with van der Waals surface area (Å²) in [5.74, 6) is -0.595. The van der Waals surface area contributed by atoms with Crippen LogP contribution in [0.15, 0.2) is 42.5 Å². The molecule has 2 aromatic rings. The molecule has 0 atom stereocenters. The van der Waals surface area contributed by atoms with Gasteiger partial charge < -0.3 is 20.1 Å². The first-order valence-electron chi connectivity index (χ1n) is 9.93. The van der Waals surface area contributed by atoms with Gasteiger partial charge in [0, 0.05) is 18.5 Å². The van der Waals surface area contributed by atoms with Gasteiger partial charge >= 0.3 is 5.97 Å². The molecule has 0 spiro atoms. The lowest BCUT2D eigenvalue weighted by molar-refractivity contribution is -0.147. The number of hydrogen-bond acceptors (Lipinski definition) is 5. The molecule has 30 heavy (non-hydrogen) atoms. The maximum atomic E-state index is 12.1. The fourth-order valence-electron chi connectivity index (χ4n) is 2.73. The molecule has 2 aromatic carbocycles. The lowest BCUT2D eigenvalue weighted by Crippen LogP contribution is -2.21. The van der Waals surface area contributed by atoms with Crippen molar-refractivity contribution in [3.05, 3.63) is 53.6 Å². The molecule has 2 amide bonds. The molecular formula is C23H28N2O5. The van der Waals surface area contributed by atoms with Crippen molar-refractivity contribution in [2.45, 2.75) is 40.0 Å². The predicted molar refractivity (Wildman–Crippen MR) is 116 cm³/mol. The molecule has 160 valence electrons. The number of hydrogen-bond donors (Lipinski definition) is 2. The van der Waals surface area contributed by atoms with Crippen LogP contribution in [0.2, 0.25) is 0 Å². The summed E-state index contributed by atoms with van der Waals surface area (Å²) in [7, 11) is 0. The molecule has 7 heteroatoms. The molecule has 0 aliphatic carbocycles. The summed E-state index contributed by atoms with van der Waals surface area (Å²) >= 11 is 0. The van der Waals surface area contributed by atoms with E-state index in [0.717, 1.165) is 16.8 Å². The highest BCUT2D eigenvalue weighted by molar-refractivity contribution is 5.94. The van der Waals surface area contributed by atoms with E-state index < -0.39 is 18.5 Å². The third kappa shape index (κ3) is 7.58. The molecule has 0 heterocycles. The maximum Gasteiger partial charge on any atom is 0.306 e. The highest BCUT2D eigenvalue weighted by atomic mass is 16.5. The largest absolute Gasteiger partial charge is 0.492 e. The third-order valence-corrected chi connectivity index (χ3v) is 4.28. The van der Waals surface area contributed by atoms with Gasteiger partial charge in [0.2, 0.25) is 5.91 Å². The van der Waals surface area contributed by atoms with E-state index in [1.54, 1.807) is 24.3 Å². The zero-order chi connectivity index (χ0) is 21.9. The van der Waals surface area contributed by atoms with Crippen molar-refractivity contribution in [3.63, 3.8) is 0 Å². The molecular weight excluding hydrogens is 384 g/mol. The van der Waals surface area contributed by atoms with E-state index in [9.17, 15) is 14.4 Å². The van der Waals surface area contributed by atoms with Crippen LogP contribution in [0.25, 0.3) is 0 Å². The summed E-state index contributed by atoms with van der Waals surface area (Å²) in [6.45, 7) is 5.80. The van der Waals surface area contributed by atoms with Gasteiger partial charge in [-0.3, -0.25) is 14.4 Å². The van der Waals surface area contributed by atoms with Crippen molar-refractivity contribution in [1.82, 2.24) is 0 Å². The highest BCUT2D eigenvalue weighted by Gasteiger charge is 2.12. The highest BCUT2D eigenvalue weighted by Crippen LogP contribution is 2.23. The van der Waals surface area contributed by atoms with E-state index in [1.165, 1.54) is 0 Å². The zero-order valence-electron chi connectivity index (χ0n) is 17.6. The number of amides is 2. The number of carbonyl (C=O) groups is 3. The first-order chi connectivity index (χ1) is 14.4. The minimum Gasteiger partial charge on any atom is -0.492 e. The third-order valence-electron chi connectivity index (χ3n) is 4.28. The Bertz CT molecular complexity index is 895. The van der Waals surface area contributed by atoms with Crippen molar-refractivity contribution in [3.8, 4) is 5.75 Å². The topological polar surface area (TPSA) is 93.7 Å². The lowest BCUT2D eigenvalue weighted by atomic mass is 10.1. The van der Waals surface area contributed by atoms with E-state index in [1.807, 2.05) is 39.0 Å². The molecule has 0 bridgehead atoms. The number of esters is 1. The Balaban J connectivity index is 1.69. The van der Waals surface area contributed by atoms with E-state index in [4.69, 9.17) is 9.47 Å². The van der Waals surface area contributed by atoms with Gasteiger partial charge in [0.1, 0.15) is 5.75 Å². The van der Waals surface area contributed by atoms with Gasteiger partial charge in [0.25, 0.3) is 5.91 Å². The van der Waals surface area contributed by atoms with Crippen LogP contribution in [0.1, 0.15) is 37.3 Å². The van der Waals surface area contributed by atoms with Gasteiger partial charge in [-0.15, -0.1) is 0 Å². The summed E-state index contributed by atoms with van der Waals surface area (Å²) in [4.78, 5) is 35.9. The quantitative estimate of drug-likeness (QED) is 0.576. The Kier molecular flexibility index (Phi) is 8.87. The van der Waals surface area contributed by atoms with Gasteiger partial charge in [0.05, 0.1) is 12.3 Å². The average molecular weight is 412 g/mol. The molecule has 0 unspecified atom stereocenters. The number of benzene rings is 2. The van der Waals surface area contributed by atoms with Crippen molar-refractivity contribution < 1.29 is 23.9 Å². The van der Waals surface area contributed by atoms with E-state index >= 15 is 0 Å². The molecule has 0 radical (unpaired) electrons. The summed E-state index contributed by atoms with van der Waals surface area (Å²) in [5.41, 5.74) is 3.32. The van der Waals surface area contributed by atoms with Gasteiger partial charge in [0.15, 0.2) is 6.61 Å². The Morgan fingerprint density at radius 3 is 2.40 bits per heavy atom. The lowest BCUT2D eigenvalue weighted by Gasteiger charge is -2.11. The first-order valence-corrected chi connectivity index (χ1v) is 9.93. The molecule has 0 aliphatic heterocycles. The number of anilines is 2. The van der Waals surface area contributed by atoms with Crippen LogP contribution in [0.5, 0.6) is 5.75 Å². The molecule has 0 saturated heterocycles. The molecule has 0 aromatic heterocycles. The van der Waals surface area contributed by atoms with Crippen LogP contribution in [-0.4, -0.2) is 31.0 Å². The van der Waals surface area contributed by atoms with Gasteiger partial charge in [-0.05, 0) is 56.5 Å². The Labute approximate surface area is 176 Å². The maximum absolute atomic E-state index is 12.1. The van der Waals surface area contributed by atoms with Crippen molar-refractivity contribution in [2.75, 3.05) is 23.8 Å². The number of ether oxygens (including phenoxy) is 2. The normalized spacial score (nSPS) is 10.2. The van der Waals surface area contributed by atoms with Crippen molar-refractivity contribution >= 4 is 29.2 Å². The van der Waals surface area contributed by atoms with Crippen molar-refractivity contribution in [1.29, 1.82) is 0 Å². The Morgan fingerprint density at radius 1 is 0.900 bits per heavy atom. The van der Waals surface area contributed by atoms with Gasteiger partial charge in [-0.1, -0.05) is 24.3 Å². The molecule has 0 aliphatic rings. The fraction of sp³-hybridized carbons (Fsp3) is 0.348. The Morgan fingerprint density at radius 2 is 1.63 bits per heavy atom.